The van der Waals surface area contributed by atoms with Crippen LogP contribution in [0, 0.1) is 0 Å². The maximum absolute atomic E-state index is 12.5. The molecule has 5 heteroatoms. The van der Waals surface area contributed by atoms with Gasteiger partial charge in [0.1, 0.15) is 5.60 Å². The molecule has 2 aromatic carbocycles. The van der Waals surface area contributed by atoms with E-state index in [4.69, 9.17) is 4.74 Å². The summed E-state index contributed by atoms with van der Waals surface area (Å²) in [7, 11) is 0. The van der Waals surface area contributed by atoms with Crippen LogP contribution in [0.4, 0.5) is 4.79 Å². The molecule has 0 aliphatic heterocycles. The van der Waals surface area contributed by atoms with Crippen LogP contribution in [-0.4, -0.2) is 21.2 Å². The Morgan fingerprint density at radius 3 is 2.29 bits per heavy atom. The highest BCUT2D eigenvalue weighted by atomic mass is 16.6. The number of carbonyl (C=O) groups is 1. The molecule has 0 aliphatic carbocycles. The molecule has 1 heterocycles. The highest BCUT2D eigenvalue weighted by Crippen LogP contribution is 2.25. The Bertz CT molecular complexity index is 954. The Morgan fingerprint density at radius 2 is 1.62 bits per heavy atom. The molecule has 0 N–H and O–H groups in total. The van der Waals surface area contributed by atoms with E-state index in [1.54, 1.807) is 32.9 Å². The van der Waals surface area contributed by atoms with Crippen molar-refractivity contribution in [3.05, 3.63) is 65.1 Å². The number of rotatable bonds is 1. The zero-order valence-electron chi connectivity index (χ0n) is 13.8. The van der Waals surface area contributed by atoms with Gasteiger partial charge in [-0.15, -0.1) is 0 Å². The van der Waals surface area contributed by atoms with E-state index in [9.17, 15) is 9.59 Å². The highest BCUT2D eigenvalue weighted by molar-refractivity contribution is 5.96. The molecule has 1 aromatic heterocycles. The van der Waals surface area contributed by atoms with Crippen molar-refractivity contribution in [1.82, 2.24) is 9.55 Å². The van der Waals surface area contributed by atoms with E-state index in [0.29, 0.717) is 16.6 Å². The van der Waals surface area contributed by atoms with Gasteiger partial charge in [0.05, 0.1) is 11.2 Å². The lowest BCUT2D eigenvalue weighted by Gasteiger charge is -2.20. The molecule has 0 fully saturated rings. The van der Waals surface area contributed by atoms with E-state index in [2.05, 4.69) is 4.98 Å². The van der Waals surface area contributed by atoms with Crippen LogP contribution < -0.4 is 5.69 Å². The number of hydrogen-bond donors (Lipinski definition) is 0. The molecular weight excluding hydrogens is 304 g/mol. The molecule has 0 saturated carbocycles. The van der Waals surface area contributed by atoms with E-state index in [1.807, 2.05) is 42.5 Å². The zero-order valence-corrected chi connectivity index (χ0v) is 13.8. The number of benzene rings is 2. The maximum atomic E-state index is 12.5. The van der Waals surface area contributed by atoms with Crippen molar-refractivity contribution < 1.29 is 9.53 Å². The number of ether oxygens (including phenoxy) is 1. The van der Waals surface area contributed by atoms with Gasteiger partial charge in [0, 0.05) is 10.9 Å². The third kappa shape index (κ3) is 3.06. The zero-order chi connectivity index (χ0) is 17.3. The summed E-state index contributed by atoms with van der Waals surface area (Å²) < 4.78 is 6.32. The lowest BCUT2D eigenvalue weighted by Crippen LogP contribution is -2.35. The minimum atomic E-state index is -0.726. The van der Waals surface area contributed by atoms with Gasteiger partial charge in [-0.2, -0.15) is 9.55 Å². The van der Waals surface area contributed by atoms with E-state index in [0.717, 1.165) is 10.1 Å². The van der Waals surface area contributed by atoms with Gasteiger partial charge in [0.2, 0.25) is 0 Å². The van der Waals surface area contributed by atoms with Gasteiger partial charge < -0.3 is 4.74 Å². The summed E-state index contributed by atoms with van der Waals surface area (Å²) in [5.74, 6) is 0. The molecule has 5 nitrogen and oxygen atoms in total. The quantitative estimate of drug-likeness (QED) is 0.683. The minimum Gasteiger partial charge on any atom is -0.443 e. The predicted molar refractivity (Wildman–Crippen MR) is 93.1 cm³/mol. The van der Waals surface area contributed by atoms with E-state index < -0.39 is 17.4 Å². The van der Waals surface area contributed by atoms with Crippen LogP contribution in [0.1, 0.15) is 20.8 Å². The van der Waals surface area contributed by atoms with Crippen molar-refractivity contribution in [3.63, 3.8) is 0 Å². The molecule has 0 aliphatic rings. The lowest BCUT2D eigenvalue weighted by atomic mass is 10.1. The molecule has 24 heavy (non-hydrogen) atoms. The average Bonchev–Trinajstić information content (AvgIpc) is 2.53. The van der Waals surface area contributed by atoms with Crippen LogP contribution in [-0.2, 0) is 4.74 Å². The van der Waals surface area contributed by atoms with Crippen LogP contribution in [0.2, 0.25) is 0 Å². The van der Waals surface area contributed by atoms with Crippen molar-refractivity contribution in [3.8, 4) is 11.3 Å². The number of aromatic nitrogens is 2. The average molecular weight is 322 g/mol. The fraction of sp³-hybridized carbons (Fsp3) is 0.211. The Morgan fingerprint density at radius 1 is 1.00 bits per heavy atom. The molecular formula is C19H18N2O3. The Kier molecular flexibility index (Phi) is 3.93. The highest BCUT2D eigenvalue weighted by Gasteiger charge is 2.22. The van der Waals surface area contributed by atoms with Crippen LogP contribution in [0.5, 0.6) is 0 Å². The predicted octanol–water partition coefficient (Wildman–Crippen LogP) is 3.85. The third-order valence-corrected chi connectivity index (χ3v) is 3.42. The molecule has 0 spiro atoms. The molecule has 0 bridgehead atoms. The van der Waals surface area contributed by atoms with Gasteiger partial charge in [-0.25, -0.2) is 9.59 Å². The number of carbonyl (C=O) groups excluding carboxylic acids is 1. The van der Waals surface area contributed by atoms with Crippen LogP contribution in [0.3, 0.4) is 0 Å². The topological polar surface area (TPSA) is 61.2 Å². The molecule has 0 unspecified atom stereocenters. The second-order valence-electron chi connectivity index (χ2n) is 6.44. The molecule has 0 saturated heterocycles. The normalized spacial score (nSPS) is 11.5. The van der Waals surface area contributed by atoms with Crippen molar-refractivity contribution in [1.29, 1.82) is 0 Å². The van der Waals surface area contributed by atoms with Gasteiger partial charge in [-0.3, -0.25) is 0 Å². The Balaban J connectivity index is 2.26. The van der Waals surface area contributed by atoms with E-state index in [-0.39, 0.29) is 0 Å². The van der Waals surface area contributed by atoms with Crippen molar-refractivity contribution >= 4 is 17.0 Å². The summed E-state index contributed by atoms with van der Waals surface area (Å²) in [5, 5.41) is 0.717. The molecule has 122 valence electrons. The van der Waals surface area contributed by atoms with Gasteiger partial charge in [0.25, 0.3) is 0 Å². The van der Waals surface area contributed by atoms with E-state index >= 15 is 0 Å². The monoisotopic (exact) mass is 322 g/mol. The summed E-state index contributed by atoms with van der Waals surface area (Å²) in [5.41, 5.74) is 0.501. The largest absolute Gasteiger partial charge is 0.443 e. The second kappa shape index (κ2) is 5.92. The van der Waals surface area contributed by atoms with Gasteiger partial charge in [-0.1, -0.05) is 48.5 Å². The van der Waals surface area contributed by atoms with Crippen molar-refractivity contribution in [2.24, 2.45) is 0 Å². The fourth-order valence-electron chi connectivity index (χ4n) is 2.48. The van der Waals surface area contributed by atoms with Crippen LogP contribution in [0.15, 0.2) is 59.4 Å². The summed E-state index contributed by atoms with van der Waals surface area (Å²) in [6, 6.07) is 16.6. The molecule has 0 amide bonds. The molecule has 0 radical (unpaired) electrons. The minimum absolute atomic E-state index is 0.477. The smallest absolute Gasteiger partial charge is 0.423 e. The van der Waals surface area contributed by atoms with Crippen molar-refractivity contribution in [2.75, 3.05) is 0 Å². The maximum Gasteiger partial charge on any atom is 0.423 e. The van der Waals surface area contributed by atoms with Gasteiger partial charge in [0.15, 0.2) is 0 Å². The van der Waals surface area contributed by atoms with Gasteiger partial charge in [-0.05, 0) is 26.8 Å². The van der Waals surface area contributed by atoms with Crippen molar-refractivity contribution in [2.45, 2.75) is 26.4 Å². The Labute approximate surface area is 139 Å². The molecule has 3 rings (SSSR count). The third-order valence-electron chi connectivity index (χ3n) is 3.42. The second-order valence-corrected chi connectivity index (χ2v) is 6.44. The van der Waals surface area contributed by atoms with Crippen LogP contribution in [0.25, 0.3) is 22.2 Å². The van der Waals surface area contributed by atoms with E-state index in [1.165, 1.54) is 0 Å². The van der Waals surface area contributed by atoms with Gasteiger partial charge >= 0.3 is 11.8 Å². The SMILES string of the molecule is CC(C)(C)OC(=O)n1c(=O)nc(-c2ccccc2)c2ccccc21. The number of nitrogens with zero attached hydrogens (tertiary/aromatic N) is 2. The fourth-order valence-corrected chi connectivity index (χ4v) is 2.48. The first-order valence-electron chi connectivity index (χ1n) is 7.67. The summed E-state index contributed by atoms with van der Waals surface area (Å²) in [6.45, 7) is 5.26. The first-order chi connectivity index (χ1) is 11.4. The lowest BCUT2D eigenvalue weighted by molar-refractivity contribution is 0.0536. The standard InChI is InChI=1S/C19H18N2O3/c1-19(2,3)24-18(23)21-15-12-8-7-11-14(15)16(20-17(21)22)13-9-5-4-6-10-13/h4-12H,1-3H3. The number of fused-ring (bicyclic) bond motifs is 1. The Hall–Kier alpha value is -2.95. The molecule has 3 aromatic rings. The number of hydrogen-bond acceptors (Lipinski definition) is 4. The summed E-state index contributed by atoms with van der Waals surface area (Å²) in [4.78, 5) is 29.1. The number of para-hydroxylation sites is 1. The van der Waals surface area contributed by atoms with Crippen LogP contribution >= 0.6 is 0 Å². The summed E-state index contributed by atoms with van der Waals surface area (Å²) >= 11 is 0. The first-order valence-corrected chi connectivity index (χ1v) is 7.67. The molecule has 0 atom stereocenters. The first kappa shape index (κ1) is 15.9. The summed E-state index contributed by atoms with van der Waals surface area (Å²) in [6.07, 6.45) is -0.726.